The molecule has 0 amide bonds. The van der Waals surface area contributed by atoms with E-state index in [9.17, 15) is 10.2 Å². The minimum absolute atomic E-state index is 0.100. The molecule has 0 unspecified atom stereocenters. The SMILES string of the molecule is C=CCCCCCCCCCCCCCCCCCO[C@H]1[C@H](O)[C@@H](CO)OC[C@@H]1O. The van der Waals surface area contributed by atoms with Crippen LogP contribution in [0.4, 0.5) is 0 Å². The van der Waals surface area contributed by atoms with Crippen molar-refractivity contribution in [2.45, 2.75) is 127 Å². The average molecular weight is 429 g/mol. The molecule has 0 aromatic carbocycles. The molecule has 1 fully saturated rings. The average Bonchev–Trinajstić information content (AvgIpc) is 2.75. The minimum atomic E-state index is -0.971. The summed E-state index contributed by atoms with van der Waals surface area (Å²) in [7, 11) is 0. The monoisotopic (exact) mass is 428 g/mol. The molecule has 0 radical (unpaired) electrons. The molecule has 1 aliphatic heterocycles. The first-order valence-electron chi connectivity index (χ1n) is 12.5. The highest BCUT2D eigenvalue weighted by Gasteiger charge is 2.38. The van der Waals surface area contributed by atoms with Crippen molar-refractivity contribution >= 4 is 0 Å². The van der Waals surface area contributed by atoms with Crippen LogP contribution in [0, 0.1) is 0 Å². The van der Waals surface area contributed by atoms with E-state index in [-0.39, 0.29) is 13.2 Å². The molecule has 1 saturated heterocycles. The number of hydrogen-bond donors (Lipinski definition) is 3. The van der Waals surface area contributed by atoms with E-state index in [1.165, 1.54) is 89.9 Å². The maximum Gasteiger partial charge on any atom is 0.114 e. The summed E-state index contributed by atoms with van der Waals surface area (Å²) >= 11 is 0. The summed E-state index contributed by atoms with van der Waals surface area (Å²) in [6.07, 6.45) is 19.7. The topological polar surface area (TPSA) is 79.2 Å². The third kappa shape index (κ3) is 13.1. The van der Waals surface area contributed by atoms with Crippen LogP contribution in [0.5, 0.6) is 0 Å². The van der Waals surface area contributed by atoms with Gasteiger partial charge in [0, 0.05) is 6.61 Å². The van der Waals surface area contributed by atoms with Crippen LogP contribution in [-0.4, -0.2) is 59.6 Å². The summed E-state index contributed by atoms with van der Waals surface area (Å²) in [5.74, 6) is 0. The van der Waals surface area contributed by atoms with Crippen molar-refractivity contribution in [1.29, 1.82) is 0 Å². The van der Waals surface area contributed by atoms with Crippen LogP contribution < -0.4 is 0 Å². The molecule has 1 rings (SSSR count). The predicted octanol–water partition coefficient (Wildman–Crippen LogP) is 4.91. The molecule has 3 N–H and O–H groups in total. The maximum absolute atomic E-state index is 10.1. The Hall–Kier alpha value is -0.460. The number of unbranched alkanes of at least 4 members (excludes halogenated alkanes) is 15. The van der Waals surface area contributed by atoms with E-state index >= 15 is 0 Å². The highest BCUT2D eigenvalue weighted by molar-refractivity contribution is 4.87. The molecular weight excluding hydrogens is 380 g/mol. The Morgan fingerprint density at radius 1 is 0.767 bits per heavy atom. The molecule has 1 heterocycles. The quantitative estimate of drug-likeness (QED) is 0.190. The van der Waals surface area contributed by atoms with Crippen LogP contribution in [0.1, 0.15) is 103 Å². The normalized spacial score (nSPS) is 24.2. The van der Waals surface area contributed by atoms with Crippen LogP contribution in [0.25, 0.3) is 0 Å². The minimum Gasteiger partial charge on any atom is -0.394 e. The van der Waals surface area contributed by atoms with E-state index in [0.29, 0.717) is 6.61 Å². The Labute approximate surface area is 184 Å². The predicted molar refractivity (Wildman–Crippen MR) is 123 cm³/mol. The second kappa shape index (κ2) is 19.2. The van der Waals surface area contributed by atoms with Crippen molar-refractivity contribution < 1.29 is 24.8 Å². The fourth-order valence-electron chi connectivity index (χ4n) is 4.13. The number of ether oxygens (including phenoxy) is 2. The Morgan fingerprint density at radius 2 is 1.23 bits per heavy atom. The molecule has 4 atom stereocenters. The van der Waals surface area contributed by atoms with Gasteiger partial charge < -0.3 is 24.8 Å². The zero-order valence-electron chi connectivity index (χ0n) is 19.2. The van der Waals surface area contributed by atoms with Gasteiger partial charge in [-0.05, 0) is 19.3 Å². The molecule has 5 nitrogen and oxygen atoms in total. The lowest BCUT2D eigenvalue weighted by Gasteiger charge is -2.37. The first-order valence-corrected chi connectivity index (χ1v) is 12.5. The summed E-state index contributed by atoms with van der Waals surface area (Å²) in [5.41, 5.74) is 0. The molecule has 0 saturated carbocycles. The van der Waals surface area contributed by atoms with Crippen molar-refractivity contribution in [3.8, 4) is 0 Å². The first-order chi connectivity index (χ1) is 14.7. The zero-order valence-corrected chi connectivity index (χ0v) is 19.2. The highest BCUT2D eigenvalue weighted by Crippen LogP contribution is 2.19. The van der Waals surface area contributed by atoms with Crippen molar-refractivity contribution in [3.05, 3.63) is 12.7 Å². The van der Waals surface area contributed by atoms with Gasteiger partial charge in [0.05, 0.1) is 13.2 Å². The summed E-state index contributed by atoms with van der Waals surface area (Å²) in [6.45, 7) is 4.14. The van der Waals surface area contributed by atoms with Crippen molar-refractivity contribution in [2.24, 2.45) is 0 Å². The summed E-state index contributed by atoms with van der Waals surface area (Å²) in [4.78, 5) is 0. The van der Waals surface area contributed by atoms with Gasteiger partial charge in [-0.2, -0.15) is 0 Å². The number of aliphatic hydroxyl groups is 3. The lowest BCUT2D eigenvalue weighted by atomic mass is 10.0. The third-order valence-electron chi connectivity index (χ3n) is 6.12. The largest absolute Gasteiger partial charge is 0.394 e. The number of allylic oxidation sites excluding steroid dienone is 1. The Balaban J connectivity index is 1.81. The standard InChI is InChI=1S/C25H48O5/c1-2-3-4-5-6-7-8-9-10-11-12-13-14-15-16-17-18-19-29-25-22(27)21-30-23(20-26)24(25)28/h2,22-28H,1,3-21H2/t22-,23+,24+,25+/m0/s1. The van der Waals surface area contributed by atoms with Crippen molar-refractivity contribution in [3.63, 3.8) is 0 Å². The van der Waals surface area contributed by atoms with Crippen LogP contribution in [0.15, 0.2) is 12.7 Å². The van der Waals surface area contributed by atoms with Crippen molar-refractivity contribution in [1.82, 2.24) is 0 Å². The molecule has 0 aromatic heterocycles. The second-order valence-electron chi connectivity index (χ2n) is 8.83. The highest BCUT2D eigenvalue weighted by atomic mass is 16.6. The molecular formula is C25H48O5. The lowest BCUT2D eigenvalue weighted by molar-refractivity contribution is -0.210. The van der Waals surface area contributed by atoms with E-state index < -0.39 is 24.4 Å². The Bertz CT molecular complexity index is 390. The van der Waals surface area contributed by atoms with Gasteiger partial charge in [0.25, 0.3) is 0 Å². The van der Waals surface area contributed by atoms with Crippen LogP contribution in [-0.2, 0) is 9.47 Å². The number of aliphatic hydroxyl groups excluding tert-OH is 3. The van der Waals surface area contributed by atoms with E-state index in [4.69, 9.17) is 14.6 Å². The van der Waals surface area contributed by atoms with Crippen molar-refractivity contribution in [2.75, 3.05) is 19.8 Å². The van der Waals surface area contributed by atoms with Crippen LogP contribution in [0.3, 0.4) is 0 Å². The maximum atomic E-state index is 10.1. The van der Waals surface area contributed by atoms with Crippen LogP contribution >= 0.6 is 0 Å². The van der Waals surface area contributed by atoms with Crippen LogP contribution in [0.2, 0.25) is 0 Å². The first kappa shape index (κ1) is 27.6. The Kier molecular flexibility index (Phi) is 17.7. The van der Waals surface area contributed by atoms with Gasteiger partial charge in [-0.25, -0.2) is 0 Å². The Morgan fingerprint density at radius 3 is 1.70 bits per heavy atom. The molecule has 0 spiro atoms. The van der Waals surface area contributed by atoms with Gasteiger partial charge in [0.2, 0.25) is 0 Å². The van der Waals surface area contributed by atoms with E-state index in [0.717, 1.165) is 12.8 Å². The molecule has 0 bridgehead atoms. The lowest BCUT2D eigenvalue weighted by Crippen LogP contribution is -2.55. The molecule has 0 aliphatic carbocycles. The van der Waals surface area contributed by atoms with Gasteiger partial charge in [0.1, 0.15) is 24.4 Å². The fraction of sp³-hybridized carbons (Fsp3) is 0.920. The second-order valence-corrected chi connectivity index (χ2v) is 8.83. The third-order valence-corrected chi connectivity index (χ3v) is 6.12. The van der Waals surface area contributed by atoms with Gasteiger partial charge in [-0.15, -0.1) is 6.58 Å². The van der Waals surface area contributed by atoms with E-state index in [2.05, 4.69) is 6.58 Å². The van der Waals surface area contributed by atoms with Gasteiger partial charge in [-0.1, -0.05) is 89.5 Å². The molecule has 178 valence electrons. The summed E-state index contributed by atoms with van der Waals surface area (Å²) in [5, 5.41) is 29.1. The van der Waals surface area contributed by atoms with E-state index in [1.54, 1.807) is 0 Å². The number of rotatable bonds is 20. The number of hydrogen-bond acceptors (Lipinski definition) is 5. The fourth-order valence-corrected chi connectivity index (χ4v) is 4.13. The molecule has 1 aliphatic rings. The smallest absolute Gasteiger partial charge is 0.114 e. The summed E-state index contributed by atoms with van der Waals surface area (Å²) < 4.78 is 10.9. The molecule has 0 aromatic rings. The summed E-state index contributed by atoms with van der Waals surface area (Å²) in [6, 6.07) is 0. The van der Waals surface area contributed by atoms with Gasteiger partial charge in [-0.3, -0.25) is 0 Å². The molecule has 30 heavy (non-hydrogen) atoms. The van der Waals surface area contributed by atoms with Gasteiger partial charge >= 0.3 is 0 Å². The van der Waals surface area contributed by atoms with Gasteiger partial charge in [0.15, 0.2) is 0 Å². The zero-order chi connectivity index (χ0) is 21.9. The molecule has 5 heteroatoms. The van der Waals surface area contributed by atoms with E-state index in [1.807, 2.05) is 6.08 Å².